The number of ether oxygens (including phenoxy) is 1. The SMILES string of the molecule is CCCCc1cc(N2CCC(OC)C2)c(F)cc1N(C)C=O. The Kier molecular flexibility index (Phi) is 5.77. The van der Waals surface area contributed by atoms with E-state index >= 15 is 0 Å². The van der Waals surface area contributed by atoms with Gasteiger partial charge in [0.2, 0.25) is 6.41 Å². The predicted octanol–water partition coefficient (Wildman–Crippen LogP) is 2.99. The number of rotatable bonds is 7. The topological polar surface area (TPSA) is 32.8 Å². The second-order valence-electron chi connectivity index (χ2n) is 5.84. The fourth-order valence-electron chi connectivity index (χ4n) is 2.93. The number of nitrogens with zero attached hydrogens (tertiary/aromatic N) is 2. The van der Waals surface area contributed by atoms with Gasteiger partial charge in [0.05, 0.1) is 11.8 Å². The highest BCUT2D eigenvalue weighted by Crippen LogP contribution is 2.32. The summed E-state index contributed by atoms with van der Waals surface area (Å²) in [5, 5.41) is 0. The molecule has 122 valence electrons. The maximum atomic E-state index is 14.5. The molecule has 0 aliphatic carbocycles. The first-order valence-electron chi connectivity index (χ1n) is 7.89. The van der Waals surface area contributed by atoms with Crippen LogP contribution in [0.3, 0.4) is 0 Å². The Balaban J connectivity index is 2.32. The predicted molar refractivity (Wildman–Crippen MR) is 87.1 cm³/mol. The minimum absolute atomic E-state index is 0.163. The number of methoxy groups -OCH3 is 1. The van der Waals surface area contributed by atoms with Gasteiger partial charge < -0.3 is 14.5 Å². The number of halogens is 1. The zero-order chi connectivity index (χ0) is 16.1. The van der Waals surface area contributed by atoms with Crippen LogP contribution in [0.2, 0.25) is 0 Å². The zero-order valence-electron chi connectivity index (χ0n) is 13.6. The van der Waals surface area contributed by atoms with E-state index in [-0.39, 0.29) is 11.9 Å². The van der Waals surface area contributed by atoms with E-state index in [1.54, 1.807) is 14.2 Å². The van der Waals surface area contributed by atoms with Gasteiger partial charge in [-0.3, -0.25) is 4.79 Å². The number of unbranched alkanes of at least 4 members (excludes halogenated alkanes) is 1. The molecule has 0 N–H and O–H groups in total. The van der Waals surface area contributed by atoms with Gasteiger partial charge >= 0.3 is 0 Å². The molecular formula is C17H25FN2O2. The second-order valence-corrected chi connectivity index (χ2v) is 5.84. The molecule has 1 aromatic rings. The zero-order valence-corrected chi connectivity index (χ0v) is 13.6. The molecular weight excluding hydrogens is 283 g/mol. The number of hydrogen-bond acceptors (Lipinski definition) is 3. The Labute approximate surface area is 131 Å². The lowest BCUT2D eigenvalue weighted by molar-refractivity contribution is -0.107. The average Bonchev–Trinajstić information content (AvgIpc) is 3.01. The van der Waals surface area contributed by atoms with Gasteiger partial charge in [-0.1, -0.05) is 13.3 Å². The van der Waals surface area contributed by atoms with Gasteiger partial charge in [0, 0.05) is 39.0 Å². The van der Waals surface area contributed by atoms with Gasteiger partial charge in [-0.25, -0.2) is 4.39 Å². The lowest BCUT2D eigenvalue weighted by Crippen LogP contribution is -2.24. The normalized spacial score (nSPS) is 17.8. The summed E-state index contributed by atoms with van der Waals surface area (Å²) >= 11 is 0. The Morgan fingerprint density at radius 2 is 2.27 bits per heavy atom. The van der Waals surface area contributed by atoms with Crippen molar-refractivity contribution in [3.63, 3.8) is 0 Å². The van der Waals surface area contributed by atoms with E-state index < -0.39 is 0 Å². The van der Waals surface area contributed by atoms with Crippen LogP contribution in [-0.4, -0.2) is 39.8 Å². The van der Waals surface area contributed by atoms with Gasteiger partial charge in [-0.2, -0.15) is 0 Å². The summed E-state index contributed by atoms with van der Waals surface area (Å²) in [4.78, 5) is 14.5. The quantitative estimate of drug-likeness (QED) is 0.726. The molecule has 1 heterocycles. The van der Waals surface area contributed by atoms with Crippen molar-refractivity contribution in [2.45, 2.75) is 38.7 Å². The fourth-order valence-corrected chi connectivity index (χ4v) is 2.93. The number of carbonyl (C=O) groups excluding carboxylic acids is 1. The van der Waals surface area contributed by atoms with Crippen LogP contribution in [0.25, 0.3) is 0 Å². The minimum atomic E-state index is -0.277. The van der Waals surface area contributed by atoms with Crippen molar-refractivity contribution in [2.24, 2.45) is 0 Å². The summed E-state index contributed by atoms with van der Waals surface area (Å²) in [7, 11) is 3.35. The Hall–Kier alpha value is -1.62. The Morgan fingerprint density at radius 1 is 1.50 bits per heavy atom. The first-order valence-corrected chi connectivity index (χ1v) is 7.89. The monoisotopic (exact) mass is 308 g/mol. The molecule has 5 heteroatoms. The molecule has 1 aliphatic heterocycles. The Bertz CT molecular complexity index is 522. The van der Waals surface area contributed by atoms with E-state index in [0.717, 1.165) is 44.2 Å². The van der Waals surface area contributed by atoms with Crippen molar-refractivity contribution in [3.8, 4) is 0 Å². The number of benzene rings is 1. The van der Waals surface area contributed by atoms with Crippen molar-refractivity contribution in [2.75, 3.05) is 37.0 Å². The molecule has 0 spiro atoms. The van der Waals surface area contributed by atoms with Crippen molar-refractivity contribution < 1.29 is 13.9 Å². The molecule has 1 unspecified atom stereocenters. The summed E-state index contributed by atoms with van der Waals surface area (Å²) in [5.41, 5.74) is 2.30. The molecule has 1 aromatic carbocycles. The second kappa shape index (κ2) is 7.58. The maximum Gasteiger partial charge on any atom is 0.213 e. The van der Waals surface area contributed by atoms with Crippen molar-refractivity contribution in [3.05, 3.63) is 23.5 Å². The van der Waals surface area contributed by atoms with E-state index in [1.807, 2.05) is 11.0 Å². The van der Waals surface area contributed by atoms with Gasteiger partial charge in [-0.15, -0.1) is 0 Å². The first-order chi connectivity index (χ1) is 10.6. The summed E-state index contributed by atoms with van der Waals surface area (Å²) < 4.78 is 19.9. The Morgan fingerprint density at radius 3 is 2.86 bits per heavy atom. The van der Waals surface area contributed by atoms with Crippen LogP contribution < -0.4 is 9.80 Å². The first kappa shape index (κ1) is 16.7. The molecule has 1 atom stereocenters. The van der Waals surface area contributed by atoms with Crippen LogP contribution in [0.4, 0.5) is 15.8 Å². The number of hydrogen-bond donors (Lipinski definition) is 0. The standard InChI is InChI=1S/C17H25FN2O2/c1-4-5-6-13-9-17(20-8-7-14(11-20)22-3)15(18)10-16(13)19(2)12-21/h9-10,12,14H,4-8,11H2,1-3H3. The lowest BCUT2D eigenvalue weighted by atomic mass is 10.0. The van der Waals surface area contributed by atoms with Crippen LogP contribution >= 0.6 is 0 Å². The number of carbonyl (C=O) groups is 1. The number of amides is 1. The molecule has 0 bridgehead atoms. The third-order valence-electron chi connectivity index (χ3n) is 4.30. The van der Waals surface area contributed by atoms with E-state index in [4.69, 9.17) is 4.74 Å². The third-order valence-corrected chi connectivity index (χ3v) is 4.30. The van der Waals surface area contributed by atoms with Crippen LogP contribution in [0.5, 0.6) is 0 Å². The summed E-state index contributed by atoms with van der Waals surface area (Å²) in [6.07, 6.45) is 4.73. The van der Waals surface area contributed by atoms with Gasteiger partial charge in [0.25, 0.3) is 0 Å². The molecule has 1 amide bonds. The minimum Gasteiger partial charge on any atom is -0.380 e. The van der Waals surface area contributed by atoms with E-state index in [1.165, 1.54) is 11.0 Å². The van der Waals surface area contributed by atoms with Crippen LogP contribution in [0.1, 0.15) is 31.7 Å². The summed E-state index contributed by atoms with van der Waals surface area (Å²) in [6.45, 7) is 3.63. The maximum absolute atomic E-state index is 14.5. The van der Waals surface area contributed by atoms with Gasteiger partial charge in [0.15, 0.2) is 0 Å². The molecule has 1 saturated heterocycles. The highest BCUT2D eigenvalue weighted by atomic mass is 19.1. The highest BCUT2D eigenvalue weighted by Gasteiger charge is 2.25. The molecule has 0 aromatic heterocycles. The molecule has 0 radical (unpaired) electrons. The largest absolute Gasteiger partial charge is 0.380 e. The van der Waals surface area contributed by atoms with E-state index in [9.17, 15) is 9.18 Å². The smallest absolute Gasteiger partial charge is 0.213 e. The van der Waals surface area contributed by atoms with Gasteiger partial charge in [0.1, 0.15) is 5.82 Å². The van der Waals surface area contributed by atoms with Crippen molar-refractivity contribution in [1.29, 1.82) is 0 Å². The van der Waals surface area contributed by atoms with Crippen LogP contribution in [-0.2, 0) is 16.0 Å². The summed E-state index contributed by atoms with van der Waals surface area (Å²) in [5.74, 6) is -0.277. The van der Waals surface area contributed by atoms with Crippen molar-refractivity contribution >= 4 is 17.8 Å². The highest BCUT2D eigenvalue weighted by molar-refractivity contribution is 5.78. The number of aryl methyl sites for hydroxylation is 1. The molecule has 2 rings (SSSR count). The van der Waals surface area contributed by atoms with E-state index in [0.29, 0.717) is 17.9 Å². The van der Waals surface area contributed by atoms with Crippen molar-refractivity contribution in [1.82, 2.24) is 0 Å². The molecule has 1 fully saturated rings. The molecule has 4 nitrogen and oxygen atoms in total. The fraction of sp³-hybridized carbons (Fsp3) is 0.588. The summed E-state index contributed by atoms with van der Waals surface area (Å²) in [6, 6.07) is 3.38. The number of anilines is 2. The van der Waals surface area contributed by atoms with E-state index in [2.05, 4.69) is 6.92 Å². The van der Waals surface area contributed by atoms with Gasteiger partial charge in [-0.05, 0) is 30.9 Å². The average molecular weight is 308 g/mol. The molecule has 0 saturated carbocycles. The van der Waals surface area contributed by atoms with Crippen LogP contribution in [0, 0.1) is 5.82 Å². The van der Waals surface area contributed by atoms with Crippen LogP contribution in [0.15, 0.2) is 12.1 Å². The third kappa shape index (κ3) is 3.58. The molecule has 1 aliphatic rings. The molecule has 22 heavy (non-hydrogen) atoms. The lowest BCUT2D eigenvalue weighted by Gasteiger charge is -2.23.